The van der Waals surface area contributed by atoms with Gasteiger partial charge in [-0.1, -0.05) is 376 Å². The van der Waals surface area contributed by atoms with Crippen molar-refractivity contribution in [3.8, 4) is 0 Å². The monoisotopic (exact) mass is 1820 g/mol. The summed E-state index contributed by atoms with van der Waals surface area (Å²) in [5, 5.41) is 36.6. The van der Waals surface area contributed by atoms with Crippen molar-refractivity contribution < 1.29 is 119 Å². The molecule has 0 spiro atoms. The summed E-state index contributed by atoms with van der Waals surface area (Å²) in [6.45, 7) is 3.72. The Morgan fingerprint density at radius 2 is 0.511 bits per heavy atom. The van der Waals surface area contributed by atoms with Gasteiger partial charge in [0.05, 0.1) is 12.2 Å². The molecule has 1 heterocycles. The predicted molar refractivity (Wildman–Crippen MR) is 402 cm³/mol. The number of piperidine rings is 1. The van der Waals surface area contributed by atoms with Gasteiger partial charge in [0, 0.05) is 128 Å². The molecule has 0 bridgehead atoms. The van der Waals surface area contributed by atoms with Crippen LogP contribution in [0.4, 0.5) is 0 Å². The Hall–Kier alpha value is -4.47. The molecular formula is C84H83Ac2NO2P4Pd. The third kappa shape index (κ3) is 25.1. The molecule has 0 aromatic heterocycles. The maximum Gasteiger partial charge on any atom is 0.0617 e. The zero-order valence-corrected chi connectivity index (χ0v) is 68.3. The number of aliphatic hydroxyl groups excluding tert-OH is 2. The molecule has 0 saturated carbocycles. The van der Waals surface area contributed by atoms with Gasteiger partial charge < -0.3 is 15.1 Å². The van der Waals surface area contributed by atoms with E-state index >= 15 is 0 Å². The van der Waals surface area contributed by atoms with Gasteiger partial charge in [0.25, 0.3) is 0 Å². The second kappa shape index (κ2) is 45.2. The van der Waals surface area contributed by atoms with E-state index < -0.39 is 31.7 Å². The first-order chi connectivity index (χ1) is 44.9. The Labute approximate surface area is 651 Å². The van der Waals surface area contributed by atoms with Crippen LogP contribution in [0.25, 0.3) is 0 Å². The van der Waals surface area contributed by atoms with Crippen LogP contribution in [0, 0.1) is 94.0 Å². The zero-order chi connectivity index (χ0) is 62.9. The molecule has 10 heteroatoms. The number of hydrogen-bond acceptors (Lipinski definition) is 3. The Kier molecular flexibility index (Phi) is 37.7. The van der Waals surface area contributed by atoms with Crippen molar-refractivity contribution in [3.63, 3.8) is 0 Å². The minimum absolute atomic E-state index is 0. The van der Waals surface area contributed by atoms with Crippen LogP contribution < -0.4 is 63.7 Å². The van der Waals surface area contributed by atoms with Crippen molar-refractivity contribution in [1.82, 2.24) is 4.90 Å². The van der Waals surface area contributed by atoms with Crippen LogP contribution in [-0.4, -0.2) is 47.5 Å². The number of likely N-dealkylation sites (tertiary alicyclic amines) is 1. The molecule has 1 fully saturated rings. The zero-order valence-electron chi connectivity index (χ0n) is 53.7. The van der Waals surface area contributed by atoms with E-state index in [1.807, 2.05) is 20.0 Å². The summed E-state index contributed by atoms with van der Waals surface area (Å²) in [5.74, 6) is 0.0222. The number of aliphatic hydroxyl groups is 2. The summed E-state index contributed by atoms with van der Waals surface area (Å²) in [5.41, 5.74) is 0. The van der Waals surface area contributed by atoms with E-state index in [1.165, 1.54) is 63.7 Å². The minimum Gasteiger partial charge on any atom is -0.393 e. The smallest absolute Gasteiger partial charge is 0.0617 e. The Morgan fingerprint density at radius 3 is 0.670 bits per heavy atom. The standard InChI is InChI=1S/4C18H15P.C12H23NO2.2Ac.Pd/c4*1-4-10-16(11-5-1)19(17-12-6-2-7-13-17)18-14-8-3-9-15-18;1-3-4-5-6-11(14)10-9-13(2)8-7-12(10)15;;;/h4*1-15H;3-4,10-12,14-15H,5-9H2,1-2H3;;;. The van der Waals surface area contributed by atoms with Crippen molar-refractivity contribution >= 4 is 95.3 Å². The van der Waals surface area contributed by atoms with Gasteiger partial charge in [-0.15, -0.1) is 0 Å². The van der Waals surface area contributed by atoms with Crippen LogP contribution in [-0.2, 0) is 20.4 Å². The molecule has 12 aromatic carbocycles. The third-order valence-electron chi connectivity index (χ3n) is 15.4. The Balaban J connectivity index is 0.000000185. The summed E-state index contributed by atoms with van der Waals surface area (Å²) >= 11 is 0. The molecule has 3 unspecified atom stereocenters. The second-order valence-corrected chi connectivity index (χ2v) is 30.7. The quantitative estimate of drug-likeness (QED) is 0.0576. The van der Waals surface area contributed by atoms with E-state index in [1.54, 1.807) is 0 Å². The molecule has 3 atom stereocenters. The number of nitrogens with zero attached hydrogens (tertiary/aromatic N) is 1. The van der Waals surface area contributed by atoms with Crippen LogP contribution in [0.3, 0.4) is 0 Å². The fraction of sp³-hybridized carbons (Fsp3) is 0.119. The van der Waals surface area contributed by atoms with Gasteiger partial charge in [0.1, 0.15) is 0 Å². The maximum absolute atomic E-state index is 9.97. The van der Waals surface area contributed by atoms with Gasteiger partial charge in [-0.3, -0.25) is 0 Å². The Bertz CT molecular complexity index is 3020. The third-order valence-corrected chi connectivity index (χ3v) is 25.1. The van der Waals surface area contributed by atoms with Crippen molar-refractivity contribution in [3.05, 3.63) is 376 Å². The normalized spacial score (nSPS) is 13.5. The first-order valence-corrected chi connectivity index (χ1v) is 36.8. The molecule has 1 saturated heterocycles. The predicted octanol–water partition coefficient (Wildman–Crippen LogP) is 14.8. The SMILES string of the molecule is CC=CCCC(O)C1CN(C)CCC1O.[Ac].[Ac].[Pd].c1ccc(P(c2ccccc2)c2ccccc2)cc1.c1ccc(P(c2ccccc2)c2ccccc2)cc1.c1ccc(P(c2ccccc2)c2ccccc2)cc1.c1ccc(P(c2ccccc2)c2ccccc2)cc1. The van der Waals surface area contributed by atoms with Crippen LogP contribution in [0.1, 0.15) is 26.2 Å². The first kappa shape index (κ1) is 78.5. The van der Waals surface area contributed by atoms with Gasteiger partial charge in [0.15, 0.2) is 0 Å². The molecular weight excluding hydrogens is 1740 g/mol. The van der Waals surface area contributed by atoms with Crippen molar-refractivity contribution in [1.29, 1.82) is 0 Å². The van der Waals surface area contributed by atoms with Gasteiger partial charge >= 0.3 is 0 Å². The summed E-state index contributed by atoms with van der Waals surface area (Å²) in [7, 11) is 0.255. The van der Waals surface area contributed by atoms with E-state index in [2.05, 4.69) is 375 Å². The van der Waals surface area contributed by atoms with Crippen molar-refractivity contribution in [2.24, 2.45) is 5.92 Å². The fourth-order valence-electron chi connectivity index (χ4n) is 10.9. The molecule has 2 N–H and O–H groups in total. The van der Waals surface area contributed by atoms with E-state index in [9.17, 15) is 10.2 Å². The van der Waals surface area contributed by atoms with Crippen molar-refractivity contribution in [2.45, 2.75) is 38.4 Å². The molecule has 1 aliphatic rings. The van der Waals surface area contributed by atoms with Crippen molar-refractivity contribution in [2.75, 3.05) is 20.1 Å². The number of rotatable bonds is 16. The average molecular weight is 1820 g/mol. The summed E-state index contributed by atoms with van der Waals surface area (Å²) in [6, 6.07) is 129. The van der Waals surface area contributed by atoms with Crippen LogP contribution in [0.5, 0.6) is 0 Å². The number of allylic oxidation sites excluding steroid dienone is 2. The van der Waals surface area contributed by atoms with Crippen LogP contribution in [0.2, 0.25) is 0 Å². The van der Waals surface area contributed by atoms with Gasteiger partial charge in [0.2, 0.25) is 0 Å². The largest absolute Gasteiger partial charge is 0.393 e. The van der Waals surface area contributed by atoms with Crippen LogP contribution >= 0.6 is 31.7 Å². The topological polar surface area (TPSA) is 43.7 Å². The number of benzene rings is 12. The molecule has 1 aliphatic heterocycles. The van der Waals surface area contributed by atoms with Gasteiger partial charge in [-0.25, -0.2) is 0 Å². The first-order valence-electron chi connectivity index (χ1n) is 31.4. The molecule has 12 aromatic rings. The minimum atomic E-state index is -0.446. The van der Waals surface area contributed by atoms with Gasteiger partial charge in [-0.05, 0) is 129 Å². The molecule has 3 nitrogen and oxygen atoms in total. The average Bonchev–Trinajstić information content (AvgIpc) is 0.912. The Morgan fingerprint density at radius 1 is 0.340 bits per heavy atom. The molecule has 2 radical (unpaired) electrons. The van der Waals surface area contributed by atoms with Gasteiger partial charge in [-0.2, -0.15) is 0 Å². The van der Waals surface area contributed by atoms with E-state index in [0.29, 0.717) is 0 Å². The molecule has 94 heavy (non-hydrogen) atoms. The second-order valence-electron chi connectivity index (χ2n) is 21.9. The van der Waals surface area contributed by atoms with Crippen LogP contribution in [0.15, 0.2) is 376 Å². The molecule has 0 aliphatic carbocycles. The summed E-state index contributed by atoms with van der Waals surface area (Å²) in [6.07, 6.45) is 5.77. The molecule has 472 valence electrons. The molecule has 0 amide bonds. The van der Waals surface area contributed by atoms with E-state index in [-0.39, 0.29) is 127 Å². The maximum atomic E-state index is 9.97. The van der Waals surface area contributed by atoms with E-state index in [4.69, 9.17) is 0 Å². The molecule has 13 rings (SSSR count). The van der Waals surface area contributed by atoms with E-state index in [0.717, 1.165) is 32.4 Å². The number of hydrogen-bond donors (Lipinski definition) is 2. The fourth-order valence-corrected chi connectivity index (χ4v) is 20.1. The summed E-state index contributed by atoms with van der Waals surface area (Å²) < 4.78 is 0. The summed E-state index contributed by atoms with van der Waals surface area (Å²) in [4.78, 5) is 2.18.